The molecule has 0 bridgehead atoms. The third-order valence-corrected chi connectivity index (χ3v) is 4.27. The van der Waals surface area contributed by atoms with Crippen LogP contribution in [0.3, 0.4) is 0 Å². The number of aldehydes is 1. The van der Waals surface area contributed by atoms with E-state index in [9.17, 15) is 4.79 Å². The maximum Gasteiger partial charge on any atom is 0.131 e. The zero-order valence-electron chi connectivity index (χ0n) is 13.9. The van der Waals surface area contributed by atoms with Gasteiger partial charge in [-0.1, -0.05) is 0 Å². The predicted molar refractivity (Wildman–Crippen MR) is 87.9 cm³/mol. The molecule has 0 amide bonds. The van der Waals surface area contributed by atoms with E-state index in [2.05, 4.69) is 9.87 Å². The van der Waals surface area contributed by atoms with E-state index in [-0.39, 0.29) is 18.6 Å². The lowest BCUT2D eigenvalue weighted by atomic mass is 10.1. The first-order valence-electron chi connectivity index (χ1n) is 7.98. The third kappa shape index (κ3) is 3.66. The number of nitrogens with zero attached hydrogens (tertiary/aromatic N) is 1. The van der Waals surface area contributed by atoms with Crippen LogP contribution in [0.5, 0.6) is 11.5 Å². The van der Waals surface area contributed by atoms with Gasteiger partial charge in [0, 0.05) is 23.4 Å². The molecular formula is C18H21NO5. The number of carbonyl (C=O) groups is 1. The first kappa shape index (κ1) is 16.7. The monoisotopic (exact) mass is 331 g/mol. The van der Waals surface area contributed by atoms with Crippen molar-refractivity contribution in [1.82, 2.24) is 4.98 Å². The number of benzene rings is 1. The molecule has 1 heterocycles. The Bertz CT molecular complexity index is 718. The van der Waals surface area contributed by atoms with Crippen LogP contribution in [0.25, 0.3) is 10.9 Å². The van der Waals surface area contributed by atoms with Crippen molar-refractivity contribution in [3.8, 4) is 11.5 Å². The first-order valence-corrected chi connectivity index (χ1v) is 7.98. The highest BCUT2D eigenvalue weighted by Gasteiger charge is 2.26. The number of methoxy groups -OCH3 is 1. The van der Waals surface area contributed by atoms with Gasteiger partial charge in [-0.3, -0.25) is 0 Å². The van der Waals surface area contributed by atoms with Crippen molar-refractivity contribution in [2.75, 3.05) is 14.2 Å². The van der Waals surface area contributed by atoms with Crippen molar-refractivity contribution in [3.05, 3.63) is 30.0 Å². The van der Waals surface area contributed by atoms with E-state index in [1.807, 2.05) is 24.3 Å². The Labute approximate surface area is 140 Å². The van der Waals surface area contributed by atoms with E-state index >= 15 is 0 Å². The second-order valence-corrected chi connectivity index (χ2v) is 5.87. The topological polar surface area (TPSA) is 66.9 Å². The number of carbonyl (C=O) groups excluding carboxylic acids is 1. The van der Waals surface area contributed by atoms with E-state index in [0.29, 0.717) is 5.69 Å². The number of hydrogen-bond donors (Lipinski definition) is 0. The zero-order chi connectivity index (χ0) is 16.9. The van der Waals surface area contributed by atoms with Crippen LogP contribution in [0.2, 0.25) is 0 Å². The SMILES string of the molecule is COOCc1cc(OC2CCC(C=O)C2)c2ccc(OC)cc2n1. The minimum absolute atomic E-state index is 0.0455. The summed E-state index contributed by atoms with van der Waals surface area (Å²) in [5.74, 6) is 1.57. The second-order valence-electron chi connectivity index (χ2n) is 5.87. The van der Waals surface area contributed by atoms with Gasteiger partial charge >= 0.3 is 0 Å². The van der Waals surface area contributed by atoms with Gasteiger partial charge in [0.2, 0.25) is 0 Å². The van der Waals surface area contributed by atoms with Crippen LogP contribution < -0.4 is 9.47 Å². The third-order valence-electron chi connectivity index (χ3n) is 4.27. The molecule has 128 valence electrons. The van der Waals surface area contributed by atoms with Crippen molar-refractivity contribution in [2.45, 2.75) is 32.0 Å². The maximum atomic E-state index is 11.0. The van der Waals surface area contributed by atoms with E-state index in [1.165, 1.54) is 7.11 Å². The largest absolute Gasteiger partial charge is 0.497 e. The molecule has 0 spiro atoms. The lowest BCUT2D eigenvalue weighted by Gasteiger charge is -2.16. The zero-order valence-corrected chi connectivity index (χ0v) is 13.9. The van der Waals surface area contributed by atoms with Crippen molar-refractivity contribution in [3.63, 3.8) is 0 Å². The summed E-state index contributed by atoms with van der Waals surface area (Å²) in [7, 11) is 3.08. The molecule has 2 unspecified atom stereocenters. The number of fused-ring (bicyclic) bond motifs is 1. The molecule has 24 heavy (non-hydrogen) atoms. The molecule has 1 aromatic carbocycles. The Morgan fingerprint density at radius 2 is 2.12 bits per heavy atom. The van der Waals surface area contributed by atoms with Crippen molar-refractivity contribution < 1.29 is 24.0 Å². The average molecular weight is 331 g/mol. The van der Waals surface area contributed by atoms with Gasteiger partial charge in [-0.2, -0.15) is 0 Å². The Morgan fingerprint density at radius 1 is 1.25 bits per heavy atom. The normalized spacial score (nSPS) is 20.2. The highest BCUT2D eigenvalue weighted by Crippen LogP contribution is 2.33. The van der Waals surface area contributed by atoms with Crippen molar-refractivity contribution in [2.24, 2.45) is 5.92 Å². The highest BCUT2D eigenvalue weighted by atomic mass is 17.2. The fourth-order valence-electron chi connectivity index (χ4n) is 3.03. The fourth-order valence-corrected chi connectivity index (χ4v) is 3.03. The van der Waals surface area contributed by atoms with Gasteiger partial charge in [0.15, 0.2) is 0 Å². The smallest absolute Gasteiger partial charge is 0.131 e. The molecule has 0 radical (unpaired) electrons. The number of aromatic nitrogens is 1. The fraction of sp³-hybridized carbons (Fsp3) is 0.444. The van der Waals surface area contributed by atoms with Gasteiger partial charge in [-0.15, -0.1) is 0 Å². The van der Waals surface area contributed by atoms with Crippen LogP contribution in [0.4, 0.5) is 0 Å². The molecule has 1 aromatic heterocycles. The van der Waals surface area contributed by atoms with Gasteiger partial charge in [-0.25, -0.2) is 14.8 Å². The molecule has 3 rings (SSSR count). The molecule has 1 aliphatic rings. The van der Waals surface area contributed by atoms with Crippen LogP contribution in [-0.2, 0) is 21.2 Å². The van der Waals surface area contributed by atoms with Crippen molar-refractivity contribution in [1.29, 1.82) is 0 Å². The minimum Gasteiger partial charge on any atom is -0.497 e. The van der Waals surface area contributed by atoms with Crippen LogP contribution in [0, 0.1) is 5.92 Å². The second kappa shape index (κ2) is 7.59. The quantitative estimate of drug-likeness (QED) is 0.441. The summed E-state index contributed by atoms with van der Waals surface area (Å²) >= 11 is 0. The molecule has 1 aliphatic carbocycles. The Balaban J connectivity index is 1.92. The first-order chi connectivity index (χ1) is 11.7. The van der Waals surface area contributed by atoms with Crippen LogP contribution in [-0.4, -0.2) is 31.6 Å². The molecule has 0 aliphatic heterocycles. The molecular weight excluding hydrogens is 310 g/mol. The van der Waals surface area contributed by atoms with E-state index in [1.54, 1.807) is 7.11 Å². The Hall–Kier alpha value is -2.18. The lowest BCUT2D eigenvalue weighted by molar-refractivity contribution is -0.282. The summed E-state index contributed by atoms with van der Waals surface area (Å²) in [6, 6.07) is 7.54. The molecule has 6 nitrogen and oxygen atoms in total. The number of rotatable bonds is 7. The van der Waals surface area contributed by atoms with Gasteiger partial charge in [0.25, 0.3) is 0 Å². The average Bonchev–Trinajstić information content (AvgIpc) is 3.07. The summed E-state index contributed by atoms with van der Waals surface area (Å²) < 4.78 is 11.4. The van der Waals surface area contributed by atoms with E-state index < -0.39 is 0 Å². The molecule has 0 saturated heterocycles. The standard InChI is InChI=1S/C18H21NO5/c1-21-14-5-6-16-17(9-14)19-13(11-23-22-2)8-18(16)24-15-4-3-12(7-15)10-20/h5-6,8-10,12,15H,3-4,7,11H2,1-2H3. The highest BCUT2D eigenvalue weighted by molar-refractivity contribution is 5.86. The molecule has 1 saturated carbocycles. The summed E-state index contributed by atoms with van der Waals surface area (Å²) in [4.78, 5) is 25.2. The number of pyridine rings is 1. The molecule has 2 aromatic rings. The van der Waals surface area contributed by atoms with Gasteiger partial charge in [0.1, 0.15) is 24.4 Å². The van der Waals surface area contributed by atoms with E-state index in [4.69, 9.17) is 14.4 Å². The van der Waals surface area contributed by atoms with E-state index in [0.717, 1.165) is 48.0 Å². The lowest BCUT2D eigenvalue weighted by Crippen LogP contribution is -2.13. The summed E-state index contributed by atoms with van der Waals surface area (Å²) in [6.07, 6.45) is 3.59. The Morgan fingerprint density at radius 3 is 2.83 bits per heavy atom. The summed E-state index contributed by atoms with van der Waals surface area (Å²) in [6.45, 7) is 0.224. The maximum absolute atomic E-state index is 11.0. The summed E-state index contributed by atoms with van der Waals surface area (Å²) in [5, 5.41) is 0.909. The van der Waals surface area contributed by atoms with Gasteiger partial charge in [0.05, 0.1) is 31.5 Å². The minimum atomic E-state index is 0.0455. The van der Waals surface area contributed by atoms with Crippen LogP contribution in [0.1, 0.15) is 25.0 Å². The van der Waals surface area contributed by atoms with Gasteiger partial charge in [-0.05, 0) is 31.4 Å². The van der Waals surface area contributed by atoms with Crippen LogP contribution >= 0.6 is 0 Å². The predicted octanol–water partition coefficient (Wildman–Crippen LogP) is 3.07. The molecule has 1 fully saturated rings. The van der Waals surface area contributed by atoms with Crippen molar-refractivity contribution >= 4 is 17.2 Å². The van der Waals surface area contributed by atoms with Gasteiger partial charge < -0.3 is 14.3 Å². The summed E-state index contributed by atoms with van der Waals surface area (Å²) in [5.41, 5.74) is 1.48. The molecule has 6 heteroatoms. The number of hydrogen-bond acceptors (Lipinski definition) is 6. The van der Waals surface area contributed by atoms with Crippen LogP contribution in [0.15, 0.2) is 24.3 Å². The molecule has 0 N–H and O–H groups in total. The number of ether oxygens (including phenoxy) is 2. The Kier molecular flexibility index (Phi) is 5.27. The molecule has 2 atom stereocenters.